The number of fused-ring (bicyclic) bond motifs is 1. The zero-order valence-electron chi connectivity index (χ0n) is 14.4. The number of hydrogen-bond acceptors (Lipinski definition) is 4. The van der Waals surface area contributed by atoms with E-state index in [-0.39, 0.29) is 5.91 Å². The predicted octanol–water partition coefficient (Wildman–Crippen LogP) is 3.91. The molecule has 5 nitrogen and oxygen atoms in total. The third-order valence-electron chi connectivity index (χ3n) is 3.77. The number of nitrogens with one attached hydrogen (secondary N) is 1. The van der Waals surface area contributed by atoms with Crippen molar-refractivity contribution in [2.75, 3.05) is 18.2 Å². The van der Waals surface area contributed by atoms with E-state index in [1.54, 1.807) is 18.9 Å². The first-order valence-corrected chi connectivity index (χ1v) is 9.26. The Morgan fingerprint density at radius 3 is 3.00 bits per heavy atom. The van der Waals surface area contributed by atoms with Crippen LogP contribution >= 0.6 is 11.8 Å². The number of anilines is 1. The molecule has 2 heterocycles. The van der Waals surface area contributed by atoms with E-state index in [2.05, 4.69) is 10.3 Å². The highest BCUT2D eigenvalue weighted by Crippen LogP contribution is 2.25. The molecule has 0 aliphatic carbocycles. The van der Waals surface area contributed by atoms with E-state index in [1.165, 1.54) is 0 Å². The molecule has 1 N–H and O–H groups in total. The highest BCUT2D eigenvalue weighted by atomic mass is 32.2. The fourth-order valence-electron chi connectivity index (χ4n) is 2.53. The molecule has 3 rings (SSSR count). The second-order valence-corrected chi connectivity index (χ2v) is 6.86. The van der Waals surface area contributed by atoms with Gasteiger partial charge in [0.25, 0.3) is 0 Å². The number of carbonyl (C=O) groups is 1. The van der Waals surface area contributed by atoms with E-state index in [4.69, 9.17) is 4.74 Å². The van der Waals surface area contributed by atoms with Crippen LogP contribution in [0.15, 0.2) is 48.8 Å². The number of pyridine rings is 1. The largest absolute Gasteiger partial charge is 0.495 e. The van der Waals surface area contributed by atoms with Crippen molar-refractivity contribution < 1.29 is 9.53 Å². The number of amides is 1. The first-order chi connectivity index (χ1) is 12.2. The maximum atomic E-state index is 12.1. The molecule has 0 unspecified atom stereocenters. The summed E-state index contributed by atoms with van der Waals surface area (Å²) in [4.78, 5) is 16.7. The van der Waals surface area contributed by atoms with E-state index in [1.807, 2.05) is 60.1 Å². The molecule has 0 aliphatic rings. The molecule has 2 aromatic heterocycles. The molecule has 0 saturated heterocycles. The summed E-state index contributed by atoms with van der Waals surface area (Å²) in [6.07, 6.45) is 4.47. The molecule has 0 atom stereocenters. The number of ether oxygens (including phenoxy) is 1. The average Bonchev–Trinajstić information content (AvgIpc) is 3.02. The van der Waals surface area contributed by atoms with Gasteiger partial charge in [0.15, 0.2) is 0 Å². The Morgan fingerprint density at radius 2 is 2.20 bits per heavy atom. The van der Waals surface area contributed by atoms with E-state index < -0.39 is 0 Å². The van der Waals surface area contributed by atoms with Gasteiger partial charge in [0.2, 0.25) is 5.91 Å². The van der Waals surface area contributed by atoms with Gasteiger partial charge in [-0.15, -0.1) is 0 Å². The normalized spacial score (nSPS) is 10.8. The Labute approximate surface area is 151 Å². The minimum absolute atomic E-state index is 0.00796. The fraction of sp³-hybridized carbons (Fsp3) is 0.263. The quantitative estimate of drug-likeness (QED) is 0.653. The molecule has 0 aliphatic heterocycles. The van der Waals surface area contributed by atoms with Gasteiger partial charge in [-0.3, -0.25) is 4.79 Å². The van der Waals surface area contributed by atoms with Crippen molar-refractivity contribution in [1.29, 1.82) is 0 Å². The first kappa shape index (κ1) is 17.4. The number of nitrogens with zero attached hydrogens (tertiary/aromatic N) is 2. The molecular formula is C19H21N3O2S. The number of carbonyl (C=O) groups excluding carboxylic acids is 1. The summed E-state index contributed by atoms with van der Waals surface area (Å²) >= 11 is 1.71. The molecule has 0 bridgehead atoms. The van der Waals surface area contributed by atoms with Crippen molar-refractivity contribution in [3.63, 3.8) is 0 Å². The van der Waals surface area contributed by atoms with Crippen molar-refractivity contribution in [2.45, 2.75) is 19.1 Å². The van der Waals surface area contributed by atoms with Crippen molar-refractivity contribution in [2.24, 2.45) is 0 Å². The fourth-order valence-corrected chi connectivity index (χ4v) is 3.35. The molecule has 1 amide bonds. The molecule has 3 aromatic rings. The molecule has 0 saturated carbocycles. The van der Waals surface area contributed by atoms with Gasteiger partial charge in [0.1, 0.15) is 11.4 Å². The van der Waals surface area contributed by atoms with Crippen molar-refractivity contribution >= 4 is 29.0 Å². The van der Waals surface area contributed by atoms with Gasteiger partial charge in [0.05, 0.1) is 18.5 Å². The van der Waals surface area contributed by atoms with E-state index in [0.717, 1.165) is 34.1 Å². The van der Waals surface area contributed by atoms with Crippen LogP contribution in [0, 0.1) is 6.92 Å². The molecule has 25 heavy (non-hydrogen) atoms. The monoisotopic (exact) mass is 355 g/mol. The number of methoxy groups -OCH3 is 1. The summed E-state index contributed by atoms with van der Waals surface area (Å²) in [7, 11) is 1.60. The summed E-state index contributed by atoms with van der Waals surface area (Å²) in [5.74, 6) is 2.21. The summed E-state index contributed by atoms with van der Waals surface area (Å²) in [6.45, 7) is 1.99. The van der Waals surface area contributed by atoms with Crippen LogP contribution in [0.3, 0.4) is 0 Å². The van der Waals surface area contributed by atoms with Gasteiger partial charge in [0, 0.05) is 30.3 Å². The molecular weight excluding hydrogens is 334 g/mol. The average molecular weight is 355 g/mol. The first-order valence-electron chi connectivity index (χ1n) is 8.10. The summed E-state index contributed by atoms with van der Waals surface area (Å²) in [6, 6.07) is 11.7. The van der Waals surface area contributed by atoms with Crippen LogP contribution in [0.4, 0.5) is 5.69 Å². The maximum absolute atomic E-state index is 12.1. The minimum Gasteiger partial charge on any atom is -0.495 e. The SMILES string of the molecule is COc1ccc(C)cc1NC(=O)CCSCc1cn2ccccc2n1. The lowest BCUT2D eigenvalue weighted by Crippen LogP contribution is -2.13. The van der Waals surface area contributed by atoms with E-state index in [0.29, 0.717) is 12.2 Å². The zero-order valence-corrected chi connectivity index (χ0v) is 15.2. The third kappa shape index (κ3) is 4.54. The Kier molecular flexibility index (Phi) is 5.60. The van der Waals surface area contributed by atoms with Gasteiger partial charge in [-0.05, 0) is 36.8 Å². The van der Waals surface area contributed by atoms with Crippen LogP contribution in [0.5, 0.6) is 5.75 Å². The summed E-state index contributed by atoms with van der Waals surface area (Å²) in [5.41, 5.74) is 3.77. The van der Waals surface area contributed by atoms with Gasteiger partial charge >= 0.3 is 0 Å². The third-order valence-corrected chi connectivity index (χ3v) is 4.76. The number of thioether (sulfide) groups is 1. The van der Waals surface area contributed by atoms with Crippen molar-refractivity contribution in [1.82, 2.24) is 9.38 Å². The van der Waals surface area contributed by atoms with Crippen LogP contribution in [0.1, 0.15) is 17.7 Å². The standard InChI is InChI=1S/C19H21N3O2S/c1-14-6-7-17(24-2)16(11-14)21-19(23)8-10-25-13-15-12-22-9-4-3-5-18(22)20-15/h3-7,9,11-12H,8,10,13H2,1-2H3,(H,21,23). The van der Waals surface area contributed by atoms with Gasteiger partial charge < -0.3 is 14.5 Å². The molecule has 0 radical (unpaired) electrons. The van der Waals surface area contributed by atoms with Crippen LogP contribution < -0.4 is 10.1 Å². The van der Waals surface area contributed by atoms with Crippen LogP contribution in [0.2, 0.25) is 0 Å². The Morgan fingerprint density at radius 1 is 1.32 bits per heavy atom. The second kappa shape index (κ2) is 8.07. The van der Waals surface area contributed by atoms with Crippen LogP contribution in [0.25, 0.3) is 5.65 Å². The van der Waals surface area contributed by atoms with E-state index in [9.17, 15) is 4.79 Å². The summed E-state index contributed by atoms with van der Waals surface area (Å²) < 4.78 is 7.29. The molecule has 0 fully saturated rings. The predicted molar refractivity (Wildman–Crippen MR) is 102 cm³/mol. The Hall–Kier alpha value is -2.47. The van der Waals surface area contributed by atoms with Crippen molar-refractivity contribution in [3.8, 4) is 5.75 Å². The number of aromatic nitrogens is 2. The van der Waals surface area contributed by atoms with E-state index >= 15 is 0 Å². The van der Waals surface area contributed by atoms with Crippen LogP contribution in [-0.2, 0) is 10.5 Å². The Balaban J connectivity index is 1.47. The highest BCUT2D eigenvalue weighted by molar-refractivity contribution is 7.98. The summed E-state index contributed by atoms with van der Waals surface area (Å²) in [5, 5.41) is 2.93. The highest BCUT2D eigenvalue weighted by Gasteiger charge is 2.08. The topological polar surface area (TPSA) is 55.6 Å². The van der Waals surface area contributed by atoms with Crippen LogP contribution in [-0.4, -0.2) is 28.2 Å². The number of benzene rings is 1. The number of hydrogen-bond donors (Lipinski definition) is 1. The lowest BCUT2D eigenvalue weighted by Gasteiger charge is -2.10. The van der Waals surface area contributed by atoms with Crippen molar-refractivity contribution in [3.05, 3.63) is 60.0 Å². The zero-order chi connectivity index (χ0) is 17.6. The number of rotatable bonds is 7. The molecule has 6 heteroatoms. The lowest BCUT2D eigenvalue weighted by atomic mass is 10.2. The smallest absolute Gasteiger partial charge is 0.225 e. The second-order valence-electron chi connectivity index (χ2n) is 5.75. The van der Waals surface area contributed by atoms with Gasteiger partial charge in [-0.2, -0.15) is 11.8 Å². The Bertz CT molecular complexity index is 843. The van der Waals surface area contributed by atoms with Gasteiger partial charge in [-0.25, -0.2) is 4.98 Å². The number of imidazole rings is 1. The number of aryl methyl sites for hydroxylation is 1. The molecule has 130 valence electrons. The van der Waals surface area contributed by atoms with Gasteiger partial charge in [-0.1, -0.05) is 12.1 Å². The lowest BCUT2D eigenvalue weighted by molar-refractivity contribution is -0.115. The molecule has 0 spiro atoms. The molecule has 1 aromatic carbocycles. The minimum atomic E-state index is -0.00796. The maximum Gasteiger partial charge on any atom is 0.225 e.